The Morgan fingerprint density at radius 2 is 1.64 bits per heavy atom. The number of anilines is 2. The van der Waals surface area contributed by atoms with E-state index in [1.807, 2.05) is 0 Å². The Bertz CT molecular complexity index is 882. The number of nitro groups is 2. The van der Waals surface area contributed by atoms with Crippen molar-refractivity contribution < 1.29 is 24.5 Å². The highest BCUT2D eigenvalue weighted by atomic mass is 16.6. The van der Waals surface area contributed by atoms with Crippen LogP contribution in [0.1, 0.15) is 0 Å². The molecule has 14 heteroatoms. The highest BCUT2D eigenvalue weighted by molar-refractivity contribution is 7.17. The molecule has 1 aliphatic heterocycles. The number of nitrogens with zero attached hydrogens (tertiary/aromatic N) is 2. The third-order valence-electron chi connectivity index (χ3n) is 3.03. The van der Waals surface area contributed by atoms with Crippen LogP contribution in [0, 0.1) is 20.2 Å². The van der Waals surface area contributed by atoms with E-state index in [2.05, 4.69) is 20.8 Å². The van der Waals surface area contributed by atoms with Crippen LogP contribution in [0.3, 0.4) is 0 Å². The van der Waals surface area contributed by atoms with Crippen LogP contribution in [0.25, 0.3) is 0 Å². The van der Waals surface area contributed by atoms with E-state index >= 15 is 0 Å². The number of benzene rings is 2. The average Bonchev–Trinajstić information content (AvgIpc) is 2.64. The SMILES string of the molecule is Nc1cc([N+](=O)[O-])ccc1O.O=C1COc2ccc([N+](=O)[O-])cc2N1.[B][B][B]. The first-order valence-corrected chi connectivity index (χ1v) is 7.38. The van der Waals surface area contributed by atoms with Crippen molar-refractivity contribution in [2.75, 3.05) is 17.7 Å². The van der Waals surface area contributed by atoms with Crippen LogP contribution >= 0.6 is 0 Å². The van der Waals surface area contributed by atoms with E-state index in [1.165, 1.54) is 30.3 Å². The summed E-state index contributed by atoms with van der Waals surface area (Å²) in [5, 5.41) is 31.9. The molecule has 2 aromatic rings. The van der Waals surface area contributed by atoms with Crippen LogP contribution in [0.15, 0.2) is 36.4 Å². The minimum absolute atomic E-state index is 0.0131. The predicted molar refractivity (Wildman–Crippen MR) is 104 cm³/mol. The highest BCUT2D eigenvalue weighted by Crippen LogP contribution is 2.31. The molecule has 0 unspecified atom stereocenters. The number of nitrogens with two attached hydrogens (primary N) is 1. The number of nitro benzene ring substituents is 2. The van der Waals surface area contributed by atoms with E-state index in [1.54, 1.807) is 0 Å². The quantitative estimate of drug-likeness (QED) is 0.224. The van der Waals surface area contributed by atoms with Gasteiger partial charge in [-0.1, -0.05) is 0 Å². The number of nitrogens with one attached hydrogen (secondary N) is 1. The van der Waals surface area contributed by atoms with E-state index in [0.29, 0.717) is 11.4 Å². The normalized spacial score (nSPS) is 11.1. The number of ether oxygens (including phenoxy) is 1. The molecule has 11 nitrogen and oxygen atoms in total. The largest absolute Gasteiger partial charge is 0.506 e. The van der Waals surface area contributed by atoms with E-state index in [-0.39, 0.29) is 35.3 Å². The maximum absolute atomic E-state index is 10.9. The van der Waals surface area contributed by atoms with Crippen molar-refractivity contribution in [3.8, 4) is 11.5 Å². The molecular formula is C14H12B3N4O7. The number of phenols is 1. The number of amides is 1. The Morgan fingerprint density at radius 3 is 2.18 bits per heavy atom. The lowest BCUT2D eigenvalue weighted by Crippen LogP contribution is -2.25. The van der Waals surface area contributed by atoms with Gasteiger partial charge in [0.25, 0.3) is 17.3 Å². The topological polar surface area (TPSA) is 171 Å². The minimum Gasteiger partial charge on any atom is -0.506 e. The zero-order valence-electron chi connectivity index (χ0n) is 14.3. The number of carbonyl (C=O) groups excluding carboxylic acids is 1. The predicted octanol–water partition coefficient (Wildman–Crippen LogP) is 0.666. The third kappa shape index (κ3) is 6.55. The Labute approximate surface area is 162 Å². The van der Waals surface area contributed by atoms with Gasteiger partial charge < -0.3 is 20.9 Å². The highest BCUT2D eigenvalue weighted by Gasteiger charge is 2.18. The first-order valence-electron chi connectivity index (χ1n) is 7.38. The molecule has 0 saturated heterocycles. The molecule has 1 aliphatic rings. The summed E-state index contributed by atoms with van der Waals surface area (Å²) in [7, 11) is 10.0. The van der Waals surface area contributed by atoms with Crippen LogP contribution in [0.4, 0.5) is 22.7 Å². The summed E-state index contributed by atoms with van der Waals surface area (Å²) in [6.45, 7) is -0.0508. The van der Waals surface area contributed by atoms with Gasteiger partial charge in [0.1, 0.15) is 11.5 Å². The first kappa shape index (κ1) is 22.3. The zero-order chi connectivity index (χ0) is 21.3. The Kier molecular flexibility index (Phi) is 8.34. The smallest absolute Gasteiger partial charge is 0.271 e. The number of hydrogen-bond acceptors (Lipinski definition) is 8. The number of aromatic hydroxyl groups is 1. The number of carbonyl (C=O) groups is 1. The van der Waals surface area contributed by atoms with Gasteiger partial charge in [0.2, 0.25) is 0 Å². The average molecular weight is 381 g/mol. The fraction of sp³-hybridized carbons (Fsp3) is 0.0714. The number of non-ortho nitro benzene ring substituents is 2. The second-order valence-corrected chi connectivity index (χ2v) is 4.97. The van der Waals surface area contributed by atoms with Crippen LogP contribution in [0.2, 0.25) is 0 Å². The second-order valence-electron chi connectivity index (χ2n) is 4.97. The van der Waals surface area contributed by atoms with Gasteiger partial charge in [-0.15, -0.1) is 0 Å². The molecule has 0 atom stereocenters. The summed E-state index contributed by atoms with van der Waals surface area (Å²) in [6.07, 6.45) is 0. The molecule has 0 saturated carbocycles. The number of nitrogen functional groups attached to an aromatic ring is 1. The van der Waals surface area contributed by atoms with Gasteiger partial charge in [-0.25, -0.2) is 0 Å². The molecular weight excluding hydrogens is 369 g/mol. The summed E-state index contributed by atoms with van der Waals surface area (Å²) in [5.74, 6) is 0.00352. The molecule has 2 aromatic carbocycles. The Balaban J connectivity index is 0.000000252. The summed E-state index contributed by atoms with van der Waals surface area (Å²) < 4.78 is 5.04. The number of rotatable bonds is 2. The number of hydrogen-bond donors (Lipinski definition) is 3. The lowest BCUT2D eigenvalue weighted by atomic mass is 9.40. The summed E-state index contributed by atoms with van der Waals surface area (Å²) in [6, 6.07) is 7.55. The molecule has 3 rings (SSSR count). The minimum atomic E-state index is -0.574. The maximum Gasteiger partial charge on any atom is 0.271 e. The summed E-state index contributed by atoms with van der Waals surface area (Å²) >= 11 is 0. The van der Waals surface area contributed by atoms with Crippen molar-refractivity contribution in [2.45, 2.75) is 0 Å². The van der Waals surface area contributed by atoms with Crippen molar-refractivity contribution in [1.29, 1.82) is 0 Å². The van der Waals surface area contributed by atoms with Gasteiger partial charge >= 0.3 is 0 Å². The van der Waals surface area contributed by atoms with Crippen molar-refractivity contribution >= 4 is 51.2 Å². The second kappa shape index (κ2) is 10.5. The Morgan fingerprint density at radius 1 is 1.11 bits per heavy atom. The monoisotopic (exact) mass is 381 g/mol. The summed E-state index contributed by atoms with van der Waals surface area (Å²) in [5.41, 5.74) is 5.36. The van der Waals surface area contributed by atoms with Crippen LogP contribution < -0.4 is 15.8 Å². The van der Waals surface area contributed by atoms with Crippen molar-refractivity contribution in [3.63, 3.8) is 0 Å². The van der Waals surface area contributed by atoms with Gasteiger partial charge in [0, 0.05) is 46.8 Å². The molecule has 28 heavy (non-hydrogen) atoms. The molecule has 1 heterocycles. The fourth-order valence-corrected chi connectivity index (χ4v) is 1.84. The van der Waals surface area contributed by atoms with E-state index < -0.39 is 9.85 Å². The lowest BCUT2D eigenvalue weighted by molar-refractivity contribution is -0.385. The van der Waals surface area contributed by atoms with E-state index in [4.69, 9.17) is 15.6 Å². The molecule has 1 amide bonds. The van der Waals surface area contributed by atoms with Crippen LogP contribution in [-0.4, -0.2) is 50.0 Å². The molecule has 0 bridgehead atoms. The van der Waals surface area contributed by atoms with E-state index in [9.17, 15) is 25.0 Å². The van der Waals surface area contributed by atoms with Crippen molar-refractivity contribution in [2.24, 2.45) is 0 Å². The first-order chi connectivity index (χ1) is 13.2. The van der Waals surface area contributed by atoms with Gasteiger partial charge in [-0.2, -0.15) is 0 Å². The molecule has 139 valence electrons. The van der Waals surface area contributed by atoms with Crippen LogP contribution in [0.5, 0.6) is 11.5 Å². The van der Waals surface area contributed by atoms with Gasteiger partial charge in [-0.05, 0) is 12.1 Å². The van der Waals surface area contributed by atoms with Gasteiger partial charge in [0.05, 0.1) is 21.2 Å². The van der Waals surface area contributed by atoms with E-state index in [0.717, 1.165) is 13.1 Å². The lowest BCUT2D eigenvalue weighted by Gasteiger charge is -2.16. The summed E-state index contributed by atoms with van der Waals surface area (Å²) in [4.78, 5) is 30.4. The molecule has 0 spiro atoms. The van der Waals surface area contributed by atoms with Crippen molar-refractivity contribution in [3.05, 3.63) is 56.6 Å². The maximum atomic E-state index is 10.9. The van der Waals surface area contributed by atoms with Gasteiger partial charge in [0.15, 0.2) is 6.61 Å². The molecule has 5 radical (unpaired) electrons. The zero-order valence-corrected chi connectivity index (χ0v) is 14.3. The van der Waals surface area contributed by atoms with Crippen molar-refractivity contribution in [1.82, 2.24) is 0 Å². The molecule has 0 aliphatic carbocycles. The number of phenolic OH excluding ortho intramolecular Hbond substituents is 1. The molecule has 0 aromatic heterocycles. The Hall–Kier alpha value is -3.70. The molecule has 4 N–H and O–H groups in total. The third-order valence-corrected chi connectivity index (χ3v) is 3.03. The van der Waals surface area contributed by atoms with Crippen LogP contribution in [-0.2, 0) is 4.79 Å². The number of fused-ring (bicyclic) bond motifs is 1. The standard InChI is InChI=1S/C8H6N2O4.C6H6N2O3.B3/c11-8-4-14-7-2-1-5(10(12)13)3-6(7)9-8;7-5-3-4(8(10)11)1-2-6(5)9;1-3-2/h1-3H,4H2,(H,9,11);1-3,9H,7H2;. The van der Waals surface area contributed by atoms with Gasteiger partial charge in [-0.3, -0.25) is 25.0 Å². The fourth-order valence-electron chi connectivity index (χ4n) is 1.84. The molecule has 0 fully saturated rings.